The molecule has 0 N–H and O–H groups in total. The molecule has 0 spiro atoms. The first-order chi connectivity index (χ1) is 26.6. The molecule has 0 unspecified atom stereocenters. The van der Waals surface area contributed by atoms with Crippen LogP contribution >= 0.6 is 13.7 Å². The predicted molar refractivity (Wildman–Crippen MR) is 215 cm³/mol. The molecule has 0 amide bonds. The van der Waals surface area contributed by atoms with Gasteiger partial charge in [-0.3, -0.25) is 0 Å². The van der Waals surface area contributed by atoms with Crippen molar-refractivity contribution in [2.75, 3.05) is 13.2 Å². The van der Waals surface area contributed by atoms with Crippen molar-refractivity contribution in [3.63, 3.8) is 0 Å². The third-order valence-corrected chi connectivity index (χ3v) is 19.2. The van der Waals surface area contributed by atoms with Crippen LogP contribution in [0.25, 0.3) is 0 Å². The molecule has 0 fully saturated rings. The average molecular weight is 904 g/mol. The molecule has 0 radical (unpaired) electrons. The molecule has 0 saturated carbocycles. The van der Waals surface area contributed by atoms with Gasteiger partial charge in [0.1, 0.15) is 0 Å². The summed E-state index contributed by atoms with van der Waals surface area (Å²) < 4.78 is 52.5. The van der Waals surface area contributed by atoms with E-state index in [2.05, 4.69) is 36.4 Å². The van der Waals surface area contributed by atoms with E-state index in [1.807, 2.05) is 61.5 Å². The Kier molecular flexibility index (Phi) is 16.1. The first-order valence-corrected chi connectivity index (χ1v) is 22.8. The van der Waals surface area contributed by atoms with Crippen molar-refractivity contribution in [1.82, 2.24) is 0 Å². The zero-order valence-corrected chi connectivity index (χ0v) is 34.8. The number of benzene rings is 6. The van der Waals surface area contributed by atoms with Crippen LogP contribution in [0.5, 0.6) is 0 Å². The van der Waals surface area contributed by atoms with Gasteiger partial charge in [-0.05, 0) is 29.7 Å². The van der Waals surface area contributed by atoms with E-state index in [0.29, 0.717) is 22.5 Å². The number of carbonyl (C=O) groups excluding carboxylic acids is 2. The summed E-state index contributed by atoms with van der Waals surface area (Å²) in [4.78, 5) is 25.4. The van der Waals surface area contributed by atoms with E-state index in [0.717, 1.165) is 22.1 Å². The zero-order valence-electron chi connectivity index (χ0n) is 30.7. The van der Waals surface area contributed by atoms with Gasteiger partial charge in [0, 0.05) is 5.80 Å². The molecule has 6 aromatic carbocycles. The van der Waals surface area contributed by atoms with E-state index in [-0.39, 0.29) is 35.0 Å². The van der Waals surface area contributed by atoms with Crippen LogP contribution < -0.4 is 45.8 Å². The normalized spacial score (nSPS) is 11.9. The van der Waals surface area contributed by atoms with Gasteiger partial charge in [-0.2, -0.15) is 0 Å². The van der Waals surface area contributed by atoms with Crippen LogP contribution in [0.15, 0.2) is 182 Å². The zero-order chi connectivity index (χ0) is 39.2. The fourth-order valence-electron chi connectivity index (χ4n) is 6.54. The average Bonchev–Trinajstić information content (AvgIpc) is 3.21. The molecule has 0 aliphatic carbocycles. The molecule has 0 aromatic heterocycles. The predicted octanol–water partition coefficient (Wildman–Crippen LogP) is 3.41. The molecule has 0 bridgehead atoms. The van der Waals surface area contributed by atoms with Crippen molar-refractivity contribution in [3.05, 3.63) is 188 Å². The second-order valence-corrected chi connectivity index (χ2v) is 20.6. The van der Waals surface area contributed by atoms with Crippen molar-refractivity contribution in [2.45, 2.75) is 13.8 Å². The number of hydrogen-bond acceptors (Lipinski definition) is 8. The van der Waals surface area contributed by atoms with Gasteiger partial charge in [0.15, 0.2) is 0 Å². The maximum atomic E-state index is 12.8. The van der Waals surface area contributed by atoms with Gasteiger partial charge in [-0.25, -0.2) is 4.79 Å². The van der Waals surface area contributed by atoms with Crippen LogP contribution in [0, 0.1) is 16.4 Å². The molecule has 0 atom stereocenters. The fraction of sp³-hybridized carbons (Fsp3) is 0.0909. The van der Waals surface area contributed by atoms with Gasteiger partial charge < -0.3 is 4.74 Å². The smallest absolute Gasteiger partial charge is 1.00 e. The molecule has 56 heavy (non-hydrogen) atoms. The van der Waals surface area contributed by atoms with Gasteiger partial charge in [-0.15, -0.1) is 0 Å². The molecule has 0 aliphatic heterocycles. The number of hydrogen-bond donors (Lipinski definition) is 0. The molecule has 6 rings (SSSR count). The Labute approximate surface area is 346 Å². The third kappa shape index (κ3) is 9.81. The van der Waals surface area contributed by atoms with E-state index in [1.54, 1.807) is 104 Å². The Morgan fingerprint density at radius 2 is 0.857 bits per heavy atom. The number of rotatable bonds is 13. The largest absolute Gasteiger partial charge is 1.00 e. The van der Waals surface area contributed by atoms with Crippen LogP contribution in [-0.2, 0) is 45.5 Å². The number of esters is 2. The molecule has 0 saturated heterocycles. The second-order valence-electron chi connectivity index (χ2n) is 12.0. The molecular weight excluding hydrogens is 862 g/mol. The quantitative estimate of drug-likeness (QED) is 0.0747. The summed E-state index contributed by atoms with van der Waals surface area (Å²) in [5, 5.41) is 4.55. The summed E-state index contributed by atoms with van der Waals surface area (Å²) in [6.07, 6.45) is 1.14. The van der Waals surface area contributed by atoms with Crippen molar-refractivity contribution < 1.29 is 69.7 Å². The first kappa shape index (κ1) is 44.4. The summed E-state index contributed by atoms with van der Waals surface area (Å²) in [6, 6.07) is 56.0. The minimum absolute atomic E-state index is 0. The van der Waals surface area contributed by atoms with Crippen molar-refractivity contribution in [2.24, 2.45) is 0 Å². The van der Waals surface area contributed by atoms with Crippen molar-refractivity contribution in [1.29, 1.82) is 0 Å². The van der Waals surface area contributed by atoms with Crippen LogP contribution in [-0.4, -0.2) is 30.9 Å². The Balaban J connectivity index is 0.000000248. The Morgan fingerprint density at radius 1 is 0.554 bits per heavy atom. The fourth-order valence-corrected chi connectivity index (χ4v) is 16.8. The monoisotopic (exact) mass is 902 g/mol. The molecule has 0 aliphatic rings. The molecule has 8 nitrogen and oxygen atoms in total. The summed E-state index contributed by atoms with van der Waals surface area (Å²) in [5.41, 5.74) is 0. The maximum Gasteiger partial charge on any atom is 1.00 e. The summed E-state index contributed by atoms with van der Waals surface area (Å²) in [5.74, 6) is 0.745. The SMILES string of the molecule is CCOC(=O)C=P(c1ccccc1)(c1ccccc1)c1ccccc1.CCOC(=O)[CH-]P(O[Cl+3]([O-])([O-])[O-])(c1ccccc1)(c1ccccc1)c1ccccc1.[Ag+]. The van der Waals surface area contributed by atoms with E-state index >= 15 is 0 Å². The van der Waals surface area contributed by atoms with Gasteiger partial charge in [-0.1, -0.05) is 91.0 Å². The minimum Gasteiger partial charge on any atom is 1.00 e. The molecule has 294 valence electrons. The summed E-state index contributed by atoms with van der Waals surface area (Å²) in [7, 11) is -4.95. The van der Waals surface area contributed by atoms with Crippen molar-refractivity contribution >= 4 is 63.3 Å². The minimum atomic E-state index is -4.95. The van der Waals surface area contributed by atoms with Crippen LogP contribution in [0.3, 0.4) is 0 Å². The third-order valence-electron chi connectivity index (χ3n) is 8.75. The summed E-state index contributed by atoms with van der Waals surface area (Å²) >= 11 is 0. The molecule has 0 heterocycles. The standard InChI is InChI=1S/C22H21ClO6P.C22H21O2P.Ag/c1-2-28-22(24)18-30(29-23(25,26)27,19-12-6-3-7-13-19,20-14-8-4-9-15-20)21-16-10-5-11-17-21;1-2-24-22(23)18-25(19-12-6-3-7-13-19,20-14-8-4-9-15-20)21-16-10-5-11-17-21;/h3-18H,2H2,1H3;3-18H,2H2,1H3;/q-1;;+1. The van der Waals surface area contributed by atoms with Gasteiger partial charge in [0.2, 0.25) is 0 Å². The maximum absolute atomic E-state index is 12.8. The summed E-state index contributed by atoms with van der Waals surface area (Å²) in [6.45, 7) is -3.07. The molecule has 6 aromatic rings. The van der Waals surface area contributed by atoms with Crippen LogP contribution in [0.1, 0.15) is 13.8 Å². The van der Waals surface area contributed by atoms with Gasteiger partial charge >= 0.3 is 206 Å². The number of ether oxygens (including phenoxy) is 2. The van der Waals surface area contributed by atoms with Gasteiger partial charge in [0.05, 0.1) is 6.61 Å². The Bertz CT molecular complexity index is 1970. The Morgan fingerprint density at radius 3 is 1.14 bits per heavy atom. The number of carbonyl (C=O) groups is 2. The topological polar surface area (TPSA) is 131 Å². The Hall–Kier alpha value is -4.27. The first-order valence-electron chi connectivity index (χ1n) is 17.5. The van der Waals surface area contributed by atoms with Crippen molar-refractivity contribution in [3.8, 4) is 0 Å². The number of halogens is 1. The van der Waals surface area contributed by atoms with E-state index < -0.39 is 29.9 Å². The van der Waals surface area contributed by atoms with Crippen LogP contribution in [0.4, 0.5) is 0 Å². The van der Waals surface area contributed by atoms with Crippen LogP contribution in [0.2, 0.25) is 0 Å². The second kappa shape index (κ2) is 20.2. The molecule has 12 heteroatoms. The van der Waals surface area contributed by atoms with E-state index in [4.69, 9.17) is 13.5 Å². The van der Waals surface area contributed by atoms with Gasteiger partial charge in [0.25, 0.3) is 0 Å². The molecular formula is C44H42AgClO8P2. The van der Waals surface area contributed by atoms with E-state index in [1.165, 1.54) is 0 Å². The van der Waals surface area contributed by atoms with E-state index in [9.17, 15) is 23.6 Å².